The van der Waals surface area contributed by atoms with E-state index in [2.05, 4.69) is 0 Å². The quantitative estimate of drug-likeness (QED) is 0.371. The van der Waals surface area contributed by atoms with Gasteiger partial charge in [0.25, 0.3) is 0 Å². The maximum Gasteiger partial charge on any atom is 0.207 e. The Morgan fingerprint density at radius 1 is 0.775 bits per heavy atom. The van der Waals surface area contributed by atoms with Crippen LogP contribution in [0.1, 0.15) is 54.2 Å². The van der Waals surface area contributed by atoms with Gasteiger partial charge in [0.2, 0.25) is 11.4 Å². The Morgan fingerprint density at radius 2 is 1.32 bits per heavy atom. The summed E-state index contributed by atoms with van der Waals surface area (Å²) in [6, 6.07) is 19.5. The number of allylic oxidation sites excluding steroid dienone is 1. The number of ether oxygens (including phenoxy) is 3. The highest BCUT2D eigenvalue weighted by molar-refractivity contribution is 6.18. The second kappa shape index (κ2) is 10.7. The van der Waals surface area contributed by atoms with Gasteiger partial charge in [-0.1, -0.05) is 60.7 Å². The largest absolute Gasteiger partial charge is 0.507 e. The van der Waals surface area contributed by atoms with Crippen molar-refractivity contribution in [2.45, 2.75) is 66.5 Å². The van der Waals surface area contributed by atoms with Crippen LogP contribution in [-0.4, -0.2) is 28.9 Å². The lowest BCUT2D eigenvalue weighted by Gasteiger charge is -2.52. The molecule has 0 bridgehead atoms. The first-order valence-electron chi connectivity index (χ1n) is 13.6. The van der Waals surface area contributed by atoms with Gasteiger partial charge >= 0.3 is 0 Å². The predicted molar refractivity (Wildman–Crippen MR) is 152 cm³/mol. The normalized spacial score (nSPS) is 22.1. The van der Waals surface area contributed by atoms with Gasteiger partial charge in [-0.15, -0.1) is 0 Å². The van der Waals surface area contributed by atoms with Crippen molar-refractivity contribution in [3.8, 4) is 11.5 Å². The van der Waals surface area contributed by atoms with Gasteiger partial charge in [0.15, 0.2) is 5.78 Å². The molecule has 0 radical (unpaired) electrons. The zero-order chi connectivity index (χ0) is 28.7. The number of aromatic hydroxyl groups is 1. The fourth-order valence-electron chi connectivity index (χ4n) is 5.95. The molecule has 208 valence electrons. The van der Waals surface area contributed by atoms with Crippen molar-refractivity contribution in [2.75, 3.05) is 6.61 Å². The highest BCUT2D eigenvalue weighted by atomic mass is 16.6. The number of rotatable bonds is 8. The molecule has 6 heteroatoms. The lowest BCUT2D eigenvalue weighted by Crippen LogP contribution is -2.68. The highest BCUT2D eigenvalue weighted by Gasteiger charge is 2.65. The summed E-state index contributed by atoms with van der Waals surface area (Å²) in [5, 5.41) is 11.2. The molecule has 1 aliphatic heterocycles. The molecule has 0 saturated heterocycles. The summed E-state index contributed by atoms with van der Waals surface area (Å²) < 4.78 is 18.9. The van der Waals surface area contributed by atoms with Crippen LogP contribution in [0, 0.1) is 19.3 Å². The van der Waals surface area contributed by atoms with Crippen molar-refractivity contribution in [1.82, 2.24) is 0 Å². The number of phenolic OH excluding ortho intramolecular Hbond substituents is 1. The summed E-state index contributed by atoms with van der Waals surface area (Å²) in [5.74, 6) is 0.260. The number of ketones is 2. The minimum atomic E-state index is -1.54. The van der Waals surface area contributed by atoms with Crippen LogP contribution in [0.2, 0.25) is 0 Å². The SMILES string of the molecule is CC1=C(C)C(=O)[C@@]2(C)Cc3c(COCc4ccccc4)c(O)c(C)c(C)c3O[C@@]2(COCc2ccccc2)C1=O. The molecule has 5 rings (SSSR count). The van der Waals surface area contributed by atoms with Crippen molar-refractivity contribution < 1.29 is 28.9 Å². The molecule has 3 aromatic rings. The molecule has 3 aromatic carbocycles. The second-order valence-electron chi connectivity index (χ2n) is 11.2. The molecular weight excluding hydrogens is 504 g/mol. The standard InChI is InChI=1S/C34H36O6/c1-21-22(2)30-27(28(29(21)35)19-38-17-25-12-8-6-9-13-25)16-33(5)31(36)23(3)24(4)32(37)34(33,40-30)20-39-18-26-14-10-7-11-15-26/h6-15,35H,16-20H2,1-5H3/t33-,34+/m1/s1. The van der Waals surface area contributed by atoms with Gasteiger partial charge < -0.3 is 19.3 Å². The molecule has 1 N–H and O–H groups in total. The Labute approximate surface area is 235 Å². The Balaban J connectivity index is 1.56. The third-order valence-electron chi connectivity index (χ3n) is 8.77. The maximum absolute atomic E-state index is 14.1. The zero-order valence-electron chi connectivity index (χ0n) is 23.8. The third kappa shape index (κ3) is 4.45. The van der Waals surface area contributed by atoms with Gasteiger partial charge in [0.05, 0.1) is 31.8 Å². The number of hydrogen-bond acceptors (Lipinski definition) is 6. The van der Waals surface area contributed by atoms with E-state index in [4.69, 9.17) is 14.2 Å². The lowest BCUT2D eigenvalue weighted by molar-refractivity contribution is -0.169. The van der Waals surface area contributed by atoms with Crippen molar-refractivity contribution >= 4 is 11.6 Å². The lowest BCUT2D eigenvalue weighted by atomic mass is 9.57. The minimum absolute atomic E-state index is 0.0772. The van der Waals surface area contributed by atoms with E-state index >= 15 is 0 Å². The van der Waals surface area contributed by atoms with Crippen molar-refractivity contribution in [3.05, 3.63) is 105 Å². The summed E-state index contributed by atoms with van der Waals surface area (Å²) in [7, 11) is 0. The van der Waals surface area contributed by atoms with Crippen molar-refractivity contribution in [2.24, 2.45) is 5.41 Å². The molecule has 0 spiro atoms. The van der Waals surface area contributed by atoms with Gasteiger partial charge in [0, 0.05) is 16.7 Å². The van der Waals surface area contributed by atoms with E-state index in [9.17, 15) is 14.7 Å². The molecule has 6 nitrogen and oxygen atoms in total. The number of fused-ring (bicyclic) bond motifs is 2. The number of phenols is 1. The van der Waals surface area contributed by atoms with E-state index in [1.54, 1.807) is 20.8 Å². The van der Waals surface area contributed by atoms with E-state index < -0.39 is 11.0 Å². The molecule has 0 fully saturated rings. The topological polar surface area (TPSA) is 82.1 Å². The van der Waals surface area contributed by atoms with Crippen LogP contribution >= 0.6 is 0 Å². The number of carbonyl (C=O) groups excluding carboxylic acids is 2. The van der Waals surface area contributed by atoms with Gasteiger partial charge in [-0.05, 0) is 68.9 Å². The molecule has 1 aliphatic carbocycles. The smallest absolute Gasteiger partial charge is 0.207 e. The fourth-order valence-corrected chi connectivity index (χ4v) is 5.95. The van der Waals surface area contributed by atoms with Crippen LogP contribution in [0.15, 0.2) is 71.8 Å². The molecular formula is C34H36O6. The molecule has 0 saturated carbocycles. The Bertz CT molecular complexity index is 1490. The summed E-state index contributed by atoms with van der Waals surface area (Å²) in [6.45, 7) is 9.58. The first kappa shape index (κ1) is 27.8. The average Bonchev–Trinajstić information content (AvgIpc) is 2.97. The summed E-state index contributed by atoms with van der Waals surface area (Å²) in [5.41, 5.74) is 2.70. The first-order chi connectivity index (χ1) is 19.1. The van der Waals surface area contributed by atoms with E-state index in [1.807, 2.05) is 74.5 Å². The summed E-state index contributed by atoms with van der Waals surface area (Å²) in [6.07, 6.45) is 0.213. The Hall–Kier alpha value is -3.74. The Kier molecular flexibility index (Phi) is 7.42. The van der Waals surface area contributed by atoms with E-state index in [1.165, 1.54) is 0 Å². The van der Waals surface area contributed by atoms with E-state index in [0.29, 0.717) is 40.2 Å². The summed E-state index contributed by atoms with van der Waals surface area (Å²) in [4.78, 5) is 28.1. The monoisotopic (exact) mass is 540 g/mol. The van der Waals surface area contributed by atoms with E-state index in [0.717, 1.165) is 16.7 Å². The van der Waals surface area contributed by atoms with Gasteiger partial charge in [-0.25, -0.2) is 0 Å². The molecule has 1 heterocycles. The maximum atomic E-state index is 14.1. The molecule has 2 atom stereocenters. The summed E-state index contributed by atoms with van der Waals surface area (Å²) >= 11 is 0. The molecule has 0 unspecified atom stereocenters. The van der Waals surface area contributed by atoms with Crippen LogP contribution in [-0.2, 0) is 45.3 Å². The minimum Gasteiger partial charge on any atom is -0.507 e. The molecule has 2 aliphatic rings. The number of Topliss-reactive ketones (excluding diaryl/α,β-unsaturated/α-hetero) is 2. The van der Waals surface area contributed by atoms with Crippen LogP contribution in [0.4, 0.5) is 0 Å². The van der Waals surface area contributed by atoms with Gasteiger partial charge in [-0.2, -0.15) is 0 Å². The first-order valence-corrected chi connectivity index (χ1v) is 13.6. The van der Waals surface area contributed by atoms with Crippen LogP contribution < -0.4 is 4.74 Å². The molecule has 0 aromatic heterocycles. The third-order valence-corrected chi connectivity index (χ3v) is 8.77. The van der Waals surface area contributed by atoms with Crippen LogP contribution in [0.3, 0.4) is 0 Å². The van der Waals surface area contributed by atoms with Crippen molar-refractivity contribution in [3.63, 3.8) is 0 Å². The molecule has 40 heavy (non-hydrogen) atoms. The average molecular weight is 541 g/mol. The van der Waals surface area contributed by atoms with Gasteiger partial charge in [-0.3, -0.25) is 9.59 Å². The highest BCUT2D eigenvalue weighted by Crippen LogP contribution is 2.55. The van der Waals surface area contributed by atoms with Crippen LogP contribution in [0.5, 0.6) is 11.5 Å². The Morgan fingerprint density at radius 3 is 1.93 bits per heavy atom. The zero-order valence-corrected chi connectivity index (χ0v) is 23.8. The van der Waals surface area contributed by atoms with Crippen molar-refractivity contribution in [1.29, 1.82) is 0 Å². The second-order valence-corrected chi connectivity index (χ2v) is 11.2. The number of hydrogen-bond donors (Lipinski definition) is 1. The van der Waals surface area contributed by atoms with Gasteiger partial charge in [0.1, 0.15) is 11.5 Å². The number of carbonyl (C=O) groups is 2. The molecule has 0 amide bonds. The predicted octanol–water partition coefficient (Wildman–Crippen LogP) is 6.11. The number of benzene rings is 3. The van der Waals surface area contributed by atoms with Crippen LogP contribution in [0.25, 0.3) is 0 Å². The fraction of sp³-hybridized carbons (Fsp3) is 0.353. The van der Waals surface area contributed by atoms with E-state index in [-0.39, 0.29) is 43.6 Å².